The molecule has 0 aliphatic heterocycles. The van der Waals surface area contributed by atoms with Crippen LogP contribution in [0.5, 0.6) is 0 Å². The molecule has 2 N–H and O–H groups in total. The standard InChI is InChI=1S/C13H24N2O3S/c1-3-18-11(16)9-14-12(17)15-10-13(19-2)7-5-4-6-8-13/h3-10H2,1-2H3,(H2,14,15,17). The molecule has 1 saturated carbocycles. The molecule has 1 aliphatic rings. The first kappa shape index (κ1) is 16.1. The number of thioether (sulfide) groups is 1. The van der Waals surface area contributed by atoms with Gasteiger partial charge in [-0.1, -0.05) is 19.3 Å². The first-order valence-electron chi connectivity index (χ1n) is 6.84. The van der Waals surface area contributed by atoms with E-state index in [1.165, 1.54) is 19.3 Å². The molecule has 0 aromatic rings. The molecule has 0 heterocycles. The molecule has 5 nitrogen and oxygen atoms in total. The molecular formula is C13H24N2O3S. The maximum absolute atomic E-state index is 11.6. The summed E-state index contributed by atoms with van der Waals surface area (Å²) in [6.07, 6.45) is 8.14. The minimum Gasteiger partial charge on any atom is -0.465 e. The Morgan fingerprint density at radius 3 is 2.47 bits per heavy atom. The van der Waals surface area contributed by atoms with E-state index in [2.05, 4.69) is 16.9 Å². The van der Waals surface area contributed by atoms with Gasteiger partial charge in [0.05, 0.1) is 6.61 Å². The van der Waals surface area contributed by atoms with Crippen molar-refractivity contribution in [3.8, 4) is 0 Å². The van der Waals surface area contributed by atoms with Gasteiger partial charge >= 0.3 is 12.0 Å². The number of hydrogen-bond donors (Lipinski definition) is 2. The summed E-state index contributed by atoms with van der Waals surface area (Å²) < 4.78 is 4.91. The van der Waals surface area contributed by atoms with Gasteiger partial charge in [-0.15, -0.1) is 0 Å². The van der Waals surface area contributed by atoms with Crippen molar-refractivity contribution in [3.63, 3.8) is 0 Å². The second-order valence-electron chi connectivity index (χ2n) is 4.79. The Bertz CT molecular complexity index is 304. The Hall–Kier alpha value is -0.910. The molecule has 0 saturated heterocycles. The molecule has 0 aromatic carbocycles. The molecular weight excluding hydrogens is 264 g/mol. The highest BCUT2D eigenvalue weighted by atomic mass is 32.2. The zero-order valence-electron chi connectivity index (χ0n) is 11.8. The van der Waals surface area contributed by atoms with Gasteiger partial charge < -0.3 is 15.4 Å². The summed E-state index contributed by atoms with van der Waals surface area (Å²) >= 11 is 1.83. The van der Waals surface area contributed by atoms with E-state index >= 15 is 0 Å². The Labute approximate surface area is 119 Å². The van der Waals surface area contributed by atoms with Gasteiger partial charge in [0.15, 0.2) is 0 Å². The predicted molar refractivity (Wildman–Crippen MR) is 77.4 cm³/mol. The van der Waals surface area contributed by atoms with E-state index in [0.29, 0.717) is 13.2 Å². The SMILES string of the molecule is CCOC(=O)CNC(=O)NCC1(SC)CCCCC1. The molecule has 0 spiro atoms. The molecule has 0 unspecified atom stereocenters. The quantitative estimate of drug-likeness (QED) is 0.733. The van der Waals surface area contributed by atoms with Crippen LogP contribution in [-0.2, 0) is 9.53 Å². The van der Waals surface area contributed by atoms with Gasteiger partial charge in [0.25, 0.3) is 0 Å². The Balaban J connectivity index is 2.26. The molecule has 110 valence electrons. The molecule has 0 atom stereocenters. The minimum atomic E-state index is -0.408. The van der Waals surface area contributed by atoms with Crippen molar-refractivity contribution in [1.82, 2.24) is 10.6 Å². The monoisotopic (exact) mass is 288 g/mol. The van der Waals surface area contributed by atoms with E-state index in [-0.39, 0.29) is 17.3 Å². The molecule has 2 amide bonds. The third-order valence-electron chi connectivity index (χ3n) is 3.47. The first-order chi connectivity index (χ1) is 9.12. The Kier molecular flexibility index (Phi) is 7.05. The molecule has 0 aromatic heterocycles. The molecule has 1 aliphatic carbocycles. The van der Waals surface area contributed by atoms with Crippen molar-refractivity contribution < 1.29 is 14.3 Å². The van der Waals surface area contributed by atoms with Crippen LogP contribution in [0.1, 0.15) is 39.0 Å². The van der Waals surface area contributed by atoms with Crippen molar-refractivity contribution in [1.29, 1.82) is 0 Å². The summed E-state index contributed by atoms with van der Waals surface area (Å²) in [5.41, 5.74) is 0. The third-order valence-corrected chi connectivity index (χ3v) is 4.89. The van der Waals surface area contributed by atoms with E-state index in [4.69, 9.17) is 4.74 Å². The summed E-state index contributed by atoms with van der Waals surface area (Å²) in [7, 11) is 0. The summed E-state index contributed by atoms with van der Waals surface area (Å²) in [6, 6.07) is -0.299. The van der Waals surface area contributed by atoms with E-state index < -0.39 is 5.97 Å². The van der Waals surface area contributed by atoms with Crippen LogP contribution in [-0.4, -0.2) is 42.7 Å². The van der Waals surface area contributed by atoms with Crippen LogP contribution in [0.2, 0.25) is 0 Å². The summed E-state index contributed by atoms with van der Waals surface area (Å²) in [5, 5.41) is 5.38. The van der Waals surface area contributed by atoms with Crippen molar-refractivity contribution in [2.45, 2.75) is 43.8 Å². The van der Waals surface area contributed by atoms with Gasteiger partial charge in [0.2, 0.25) is 0 Å². The minimum absolute atomic E-state index is 0.0774. The fourth-order valence-corrected chi connectivity index (χ4v) is 3.23. The van der Waals surface area contributed by atoms with E-state index in [9.17, 15) is 9.59 Å². The molecule has 6 heteroatoms. The largest absolute Gasteiger partial charge is 0.465 e. The lowest BCUT2D eigenvalue weighted by Crippen LogP contribution is -2.46. The topological polar surface area (TPSA) is 67.4 Å². The average molecular weight is 288 g/mol. The lowest BCUT2D eigenvalue weighted by Gasteiger charge is -2.35. The van der Waals surface area contributed by atoms with Crippen molar-refractivity contribution >= 4 is 23.8 Å². The fourth-order valence-electron chi connectivity index (χ4n) is 2.32. The van der Waals surface area contributed by atoms with Gasteiger partial charge in [0, 0.05) is 11.3 Å². The zero-order valence-corrected chi connectivity index (χ0v) is 12.6. The molecule has 1 fully saturated rings. The average Bonchev–Trinajstić information content (AvgIpc) is 2.44. The highest BCUT2D eigenvalue weighted by molar-refractivity contribution is 8.00. The number of hydrogen-bond acceptors (Lipinski definition) is 4. The number of urea groups is 1. The van der Waals surface area contributed by atoms with E-state index in [1.807, 2.05) is 11.8 Å². The van der Waals surface area contributed by atoms with Crippen LogP contribution >= 0.6 is 11.8 Å². The molecule has 0 radical (unpaired) electrons. The van der Waals surface area contributed by atoms with Gasteiger partial charge in [0.1, 0.15) is 6.54 Å². The number of amides is 2. The number of ether oxygens (including phenoxy) is 1. The highest BCUT2D eigenvalue weighted by Crippen LogP contribution is 2.37. The summed E-state index contributed by atoms with van der Waals surface area (Å²) in [6.45, 7) is 2.65. The van der Waals surface area contributed by atoms with Crippen LogP contribution in [0.25, 0.3) is 0 Å². The molecule has 0 bridgehead atoms. The summed E-state index contributed by atoms with van der Waals surface area (Å²) in [5.74, 6) is -0.408. The van der Waals surface area contributed by atoms with Crippen LogP contribution in [0.3, 0.4) is 0 Å². The third kappa shape index (κ3) is 5.72. The zero-order chi connectivity index (χ0) is 14.1. The van der Waals surface area contributed by atoms with Crippen molar-refractivity contribution in [2.75, 3.05) is 26.0 Å². The molecule has 19 heavy (non-hydrogen) atoms. The normalized spacial score (nSPS) is 17.6. The second-order valence-corrected chi connectivity index (χ2v) is 6.06. The maximum atomic E-state index is 11.6. The van der Waals surface area contributed by atoms with Gasteiger partial charge in [-0.3, -0.25) is 4.79 Å². The maximum Gasteiger partial charge on any atom is 0.325 e. The van der Waals surface area contributed by atoms with Crippen molar-refractivity contribution in [2.24, 2.45) is 0 Å². The lowest BCUT2D eigenvalue weighted by molar-refractivity contribution is -0.141. The van der Waals surface area contributed by atoms with Crippen molar-refractivity contribution in [3.05, 3.63) is 0 Å². The predicted octanol–water partition coefficient (Wildman–Crippen LogP) is 1.91. The smallest absolute Gasteiger partial charge is 0.325 e. The number of esters is 1. The van der Waals surface area contributed by atoms with Crippen LogP contribution < -0.4 is 10.6 Å². The second kappa shape index (κ2) is 8.30. The van der Waals surface area contributed by atoms with Crippen LogP contribution in [0.15, 0.2) is 0 Å². The fraction of sp³-hybridized carbons (Fsp3) is 0.846. The Morgan fingerprint density at radius 2 is 1.89 bits per heavy atom. The summed E-state index contributed by atoms with van der Waals surface area (Å²) in [4.78, 5) is 22.7. The number of rotatable bonds is 6. The highest BCUT2D eigenvalue weighted by Gasteiger charge is 2.31. The van der Waals surface area contributed by atoms with Gasteiger partial charge in [-0.25, -0.2) is 4.79 Å². The number of carbonyl (C=O) groups is 2. The lowest BCUT2D eigenvalue weighted by atomic mass is 9.88. The number of nitrogens with one attached hydrogen (secondary N) is 2. The first-order valence-corrected chi connectivity index (χ1v) is 8.07. The van der Waals surface area contributed by atoms with Crippen LogP contribution in [0.4, 0.5) is 4.79 Å². The van der Waals surface area contributed by atoms with Gasteiger partial charge in [-0.05, 0) is 26.0 Å². The van der Waals surface area contributed by atoms with E-state index in [1.54, 1.807) is 6.92 Å². The van der Waals surface area contributed by atoms with Gasteiger partial charge in [-0.2, -0.15) is 11.8 Å². The number of carbonyl (C=O) groups excluding carboxylic acids is 2. The van der Waals surface area contributed by atoms with E-state index in [0.717, 1.165) is 12.8 Å². The Morgan fingerprint density at radius 1 is 1.21 bits per heavy atom. The van der Waals surface area contributed by atoms with Crippen LogP contribution in [0, 0.1) is 0 Å². The molecule has 1 rings (SSSR count).